The van der Waals surface area contributed by atoms with Crippen molar-refractivity contribution in [3.63, 3.8) is 0 Å². The quantitative estimate of drug-likeness (QED) is 0.412. The molecular formula is C23H33N5O. The van der Waals surface area contributed by atoms with E-state index in [1.165, 1.54) is 5.69 Å². The van der Waals surface area contributed by atoms with Crippen LogP contribution >= 0.6 is 0 Å². The fourth-order valence-corrected chi connectivity index (χ4v) is 3.56. The van der Waals surface area contributed by atoms with Crippen LogP contribution in [0, 0.1) is 11.3 Å². The smallest absolute Gasteiger partial charge is 0.176 e. The molecular weight excluding hydrogens is 362 g/mol. The van der Waals surface area contributed by atoms with Crippen molar-refractivity contribution in [2.24, 2.45) is 5.92 Å². The zero-order chi connectivity index (χ0) is 20.9. The number of allylic oxidation sites excluding steroid dienone is 2. The van der Waals surface area contributed by atoms with Gasteiger partial charge in [0.15, 0.2) is 11.7 Å². The van der Waals surface area contributed by atoms with Gasteiger partial charge in [-0.3, -0.25) is 5.41 Å². The normalized spacial score (nSPS) is 16.9. The van der Waals surface area contributed by atoms with E-state index >= 15 is 0 Å². The Hall–Kier alpha value is -2.60. The molecule has 0 amide bonds. The van der Waals surface area contributed by atoms with Crippen LogP contribution < -0.4 is 10.2 Å². The molecule has 2 N–H and O–H groups in total. The maximum atomic E-state index is 8.63. The molecule has 0 radical (unpaired) electrons. The topological polar surface area (TPSA) is 66.2 Å². The van der Waals surface area contributed by atoms with Crippen LogP contribution in [0.25, 0.3) is 0 Å². The number of benzene rings is 1. The minimum absolute atomic E-state index is 0.240. The Morgan fingerprint density at radius 1 is 1.28 bits per heavy atom. The summed E-state index contributed by atoms with van der Waals surface area (Å²) in [5.74, 6) is 1.30. The predicted molar refractivity (Wildman–Crippen MR) is 120 cm³/mol. The van der Waals surface area contributed by atoms with Gasteiger partial charge >= 0.3 is 0 Å². The number of rotatable bonds is 7. The number of anilines is 2. The number of nitrogens with zero attached hydrogens (tertiary/aromatic N) is 3. The Bertz CT molecular complexity index is 833. The van der Waals surface area contributed by atoms with Crippen LogP contribution in [0.5, 0.6) is 0 Å². The Morgan fingerprint density at radius 2 is 1.97 bits per heavy atom. The second kappa shape index (κ2) is 9.27. The fourth-order valence-electron chi connectivity index (χ4n) is 3.56. The van der Waals surface area contributed by atoms with Crippen molar-refractivity contribution in [1.29, 1.82) is 5.41 Å². The monoisotopic (exact) mass is 395 g/mol. The van der Waals surface area contributed by atoms with Crippen LogP contribution in [0.4, 0.5) is 11.4 Å². The Balaban J connectivity index is 1.76. The largest absolute Gasteiger partial charge is 0.378 e. The number of ether oxygens (including phenoxy) is 1. The van der Waals surface area contributed by atoms with E-state index in [0.717, 1.165) is 38.4 Å². The molecule has 0 bridgehead atoms. The molecule has 3 rings (SSSR count). The number of amidine groups is 1. The molecule has 1 aromatic carbocycles. The molecule has 6 nitrogen and oxygen atoms in total. The second-order valence-corrected chi connectivity index (χ2v) is 7.96. The molecule has 0 aliphatic carbocycles. The molecule has 0 spiro atoms. The summed E-state index contributed by atoms with van der Waals surface area (Å²) in [6.07, 6.45) is 9.14. The first-order chi connectivity index (χ1) is 14.0. The fraction of sp³-hybridized carbons (Fsp3) is 0.478. The molecule has 156 valence electrons. The molecule has 1 aliphatic heterocycles. The number of aromatic nitrogens is 2. The number of imidazole rings is 1. The zero-order valence-electron chi connectivity index (χ0n) is 18.0. The maximum absolute atomic E-state index is 8.63. The van der Waals surface area contributed by atoms with E-state index in [9.17, 15) is 0 Å². The van der Waals surface area contributed by atoms with Crippen LogP contribution in [0.2, 0.25) is 0 Å². The van der Waals surface area contributed by atoms with Crippen molar-refractivity contribution < 1.29 is 4.74 Å². The summed E-state index contributed by atoms with van der Waals surface area (Å²) in [5, 5.41) is 11.8. The lowest BCUT2D eigenvalue weighted by Crippen LogP contribution is -2.36. The lowest BCUT2D eigenvalue weighted by atomic mass is 9.87. The molecule has 0 saturated carbocycles. The van der Waals surface area contributed by atoms with Crippen molar-refractivity contribution >= 4 is 17.2 Å². The third kappa shape index (κ3) is 4.70. The summed E-state index contributed by atoms with van der Waals surface area (Å²) in [4.78, 5) is 6.80. The SMILES string of the molecule is CC/C=C\[C@](C)(C(C)C)n1ccnc1C(=N)Nc1ccc(N2CCOCC2)cc1. The van der Waals surface area contributed by atoms with Gasteiger partial charge in [-0.25, -0.2) is 4.98 Å². The third-order valence-corrected chi connectivity index (χ3v) is 5.76. The van der Waals surface area contributed by atoms with Gasteiger partial charge in [0.25, 0.3) is 0 Å². The van der Waals surface area contributed by atoms with Crippen molar-refractivity contribution in [1.82, 2.24) is 9.55 Å². The highest BCUT2D eigenvalue weighted by Crippen LogP contribution is 2.29. The minimum atomic E-state index is -0.240. The van der Waals surface area contributed by atoms with Gasteiger partial charge in [-0.05, 0) is 43.5 Å². The van der Waals surface area contributed by atoms with Gasteiger partial charge in [0, 0.05) is 36.9 Å². The summed E-state index contributed by atoms with van der Waals surface area (Å²) >= 11 is 0. The third-order valence-electron chi connectivity index (χ3n) is 5.76. The summed E-state index contributed by atoms with van der Waals surface area (Å²) in [5.41, 5.74) is 1.83. The highest BCUT2D eigenvalue weighted by Gasteiger charge is 2.30. The van der Waals surface area contributed by atoms with Crippen molar-refractivity contribution in [3.05, 3.63) is 54.6 Å². The first-order valence-corrected chi connectivity index (χ1v) is 10.5. The van der Waals surface area contributed by atoms with Gasteiger partial charge in [0.2, 0.25) is 0 Å². The lowest BCUT2D eigenvalue weighted by Gasteiger charge is -2.34. The van der Waals surface area contributed by atoms with Crippen LogP contribution in [0.15, 0.2) is 48.8 Å². The van der Waals surface area contributed by atoms with E-state index < -0.39 is 0 Å². The van der Waals surface area contributed by atoms with Gasteiger partial charge in [-0.2, -0.15) is 0 Å². The first-order valence-electron chi connectivity index (χ1n) is 10.5. The van der Waals surface area contributed by atoms with Crippen molar-refractivity contribution in [3.8, 4) is 0 Å². The summed E-state index contributed by atoms with van der Waals surface area (Å²) in [6.45, 7) is 12.1. The van der Waals surface area contributed by atoms with Crippen LogP contribution in [-0.4, -0.2) is 41.7 Å². The van der Waals surface area contributed by atoms with Gasteiger partial charge in [0.05, 0.1) is 18.8 Å². The average molecular weight is 396 g/mol. The molecule has 29 heavy (non-hydrogen) atoms. The summed E-state index contributed by atoms with van der Waals surface area (Å²) in [7, 11) is 0. The number of hydrogen-bond donors (Lipinski definition) is 2. The van der Waals surface area contributed by atoms with Gasteiger partial charge in [-0.15, -0.1) is 0 Å². The average Bonchev–Trinajstić information content (AvgIpc) is 3.24. The molecule has 1 atom stereocenters. The zero-order valence-corrected chi connectivity index (χ0v) is 18.0. The van der Waals surface area contributed by atoms with E-state index in [-0.39, 0.29) is 5.54 Å². The van der Waals surface area contributed by atoms with Gasteiger partial charge in [-0.1, -0.05) is 32.9 Å². The van der Waals surface area contributed by atoms with E-state index in [4.69, 9.17) is 10.1 Å². The molecule has 1 aromatic heterocycles. The Labute approximate surface area is 174 Å². The standard InChI is InChI=1S/C23H33N5O/c1-5-6-11-23(4,18(2)3)28-13-12-25-22(28)21(24)26-19-7-9-20(10-8-19)27-14-16-29-17-15-27/h6-13,18H,5,14-17H2,1-4H3,(H2,24,26)/b11-6-/t23-/m1/s1. The highest BCUT2D eigenvalue weighted by atomic mass is 16.5. The number of nitrogens with one attached hydrogen (secondary N) is 2. The highest BCUT2D eigenvalue weighted by molar-refractivity contribution is 6.03. The lowest BCUT2D eigenvalue weighted by molar-refractivity contribution is 0.122. The van der Waals surface area contributed by atoms with Crippen LogP contribution in [0.3, 0.4) is 0 Å². The molecule has 1 aliphatic rings. The van der Waals surface area contributed by atoms with Crippen LogP contribution in [0.1, 0.15) is 39.9 Å². The first kappa shape index (κ1) is 21.1. The predicted octanol–water partition coefficient (Wildman–Crippen LogP) is 4.49. The van der Waals surface area contributed by atoms with E-state index in [2.05, 4.69) is 71.7 Å². The van der Waals surface area contributed by atoms with Gasteiger partial charge in [0.1, 0.15) is 0 Å². The van der Waals surface area contributed by atoms with Crippen molar-refractivity contribution in [2.75, 3.05) is 36.5 Å². The Morgan fingerprint density at radius 3 is 2.59 bits per heavy atom. The Kier molecular flexibility index (Phi) is 6.75. The van der Waals surface area contributed by atoms with E-state index in [1.54, 1.807) is 6.20 Å². The molecule has 2 aromatic rings. The molecule has 2 heterocycles. The van der Waals surface area contributed by atoms with Crippen molar-refractivity contribution in [2.45, 2.75) is 39.7 Å². The van der Waals surface area contributed by atoms with E-state index in [0.29, 0.717) is 17.6 Å². The number of morpholine rings is 1. The van der Waals surface area contributed by atoms with Gasteiger partial charge < -0.3 is 19.5 Å². The van der Waals surface area contributed by atoms with Crippen LogP contribution in [-0.2, 0) is 10.3 Å². The minimum Gasteiger partial charge on any atom is -0.378 e. The summed E-state index contributed by atoms with van der Waals surface area (Å²) < 4.78 is 7.52. The molecule has 1 saturated heterocycles. The summed E-state index contributed by atoms with van der Waals surface area (Å²) in [6, 6.07) is 8.22. The number of hydrogen-bond acceptors (Lipinski definition) is 4. The molecule has 6 heteroatoms. The maximum Gasteiger partial charge on any atom is 0.176 e. The van der Waals surface area contributed by atoms with E-state index in [1.807, 2.05) is 18.3 Å². The molecule has 0 unspecified atom stereocenters. The second-order valence-electron chi connectivity index (χ2n) is 7.96. The molecule has 1 fully saturated rings.